The Hall–Kier alpha value is -7.85. The third kappa shape index (κ3) is 8.45. The predicted molar refractivity (Wildman–Crippen MR) is 265 cm³/mol. The van der Waals surface area contributed by atoms with Crippen molar-refractivity contribution in [2.75, 3.05) is 0 Å². The second-order valence-electron chi connectivity index (χ2n) is 17.9. The summed E-state index contributed by atoms with van der Waals surface area (Å²) in [5, 5.41) is 1.84. The van der Waals surface area contributed by atoms with Gasteiger partial charge in [0.2, 0.25) is 0 Å². The van der Waals surface area contributed by atoms with Crippen molar-refractivity contribution in [1.29, 1.82) is 0 Å². The monoisotopic (exact) mass is 922 g/mol. The first-order valence-corrected chi connectivity index (χ1v) is 22.5. The Morgan fingerprint density at radius 1 is 0.362 bits per heavy atom. The second-order valence-corrected chi connectivity index (χ2v) is 17.9. The van der Waals surface area contributed by atoms with Crippen LogP contribution in [0.4, 0.5) is 26.3 Å². The SMILES string of the molecule is Cc1cc(C)c(-c2ccc3c4ccc(-c5c(C)cc(C)cc5C)cc4n(-c4ccc(-c5nc(-c6ccccc6)nc(-c6ccccc6)n5)c(-c5cc(C(F)(F)F)cc(C(F)(F)F)c5)c4)c3c2)c(C)c1. The van der Waals surface area contributed by atoms with Crippen LogP contribution in [-0.4, -0.2) is 19.5 Å². The standard InChI is InChI=1S/C59H44F6N4/c1-33-23-35(3)53(36(4)24-33)41-17-20-47-48-21-18-42(54-37(5)25-34(2)26-38(54)6)30-52(48)69(51(47)29-41)46-19-22-49(50(32-46)43-27-44(58(60,61)62)31-45(28-43)59(63,64)65)57-67-55(39-13-9-7-10-14-39)66-56(68-57)40-15-11-8-12-16-40/h7-32H,1-6H3. The Bertz CT molecular complexity index is 3390. The third-order valence-electron chi connectivity index (χ3n) is 12.8. The zero-order chi connectivity index (χ0) is 48.5. The Labute approximate surface area is 395 Å². The average Bonchev–Trinajstić information content (AvgIpc) is 3.63. The molecule has 0 atom stereocenters. The molecule has 8 aromatic carbocycles. The molecule has 2 aromatic heterocycles. The van der Waals surface area contributed by atoms with Gasteiger partial charge in [0.1, 0.15) is 0 Å². The topological polar surface area (TPSA) is 43.6 Å². The van der Waals surface area contributed by atoms with Gasteiger partial charge in [0, 0.05) is 33.2 Å². The molecule has 69 heavy (non-hydrogen) atoms. The van der Waals surface area contributed by atoms with E-state index in [1.807, 2.05) is 66.7 Å². The number of aryl methyl sites for hydroxylation is 6. The summed E-state index contributed by atoms with van der Waals surface area (Å²) in [7, 11) is 0. The van der Waals surface area contributed by atoms with E-state index in [4.69, 9.17) is 15.0 Å². The minimum Gasteiger partial charge on any atom is -0.309 e. The van der Waals surface area contributed by atoms with E-state index in [0.29, 0.717) is 16.8 Å². The van der Waals surface area contributed by atoms with Crippen molar-refractivity contribution in [2.24, 2.45) is 0 Å². The van der Waals surface area contributed by atoms with E-state index < -0.39 is 23.5 Å². The molecule has 0 saturated heterocycles. The lowest BCUT2D eigenvalue weighted by Gasteiger charge is -2.19. The van der Waals surface area contributed by atoms with Crippen LogP contribution in [0.2, 0.25) is 0 Å². The highest BCUT2D eigenvalue weighted by Gasteiger charge is 2.37. The maximum Gasteiger partial charge on any atom is 0.416 e. The number of hydrogen-bond donors (Lipinski definition) is 0. The predicted octanol–water partition coefficient (Wildman–Crippen LogP) is 16.9. The molecule has 0 aliphatic rings. The number of aromatic nitrogens is 4. The van der Waals surface area contributed by atoms with E-state index in [-0.39, 0.29) is 40.2 Å². The lowest BCUT2D eigenvalue weighted by molar-refractivity contribution is -0.143. The van der Waals surface area contributed by atoms with Gasteiger partial charge in [0.15, 0.2) is 17.5 Å². The molecule has 10 rings (SSSR count). The van der Waals surface area contributed by atoms with E-state index in [1.54, 1.807) is 12.1 Å². The van der Waals surface area contributed by atoms with Gasteiger partial charge in [-0.05, 0) is 146 Å². The molecule has 0 N–H and O–H groups in total. The Morgan fingerprint density at radius 3 is 1.20 bits per heavy atom. The van der Waals surface area contributed by atoms with Gasteiger partial charge in [-0.25, -0.2) is 15.0 Å². The van der Waals surface area contributed by atoms with Gasteiger partial charge >= 0.3 is 12.4 Å². The first-order valence-electron chi connectivity index (χ1n) is 22.5. The number of benzene rings is 8. The molecular formula is C59H44F6N4. The van der Waals surface area contributed by atoms with Crippen molar-refractivity contribution in [3.63, 3.8) is 0 Å². The van der Waals surface area contributed by atoms with Crippen LogP contribution >= 0.6 is 0 Å². The lowest BCUT2D eigenvalue weighted by atomic mass is 9.92. The van der Waals surface area contributed by atoms with Crippen LogP contribution < -0.4 is 0 Å². The highest BCUT2D eigenvalue weighted by atomic mass is 19.4. The van der Waals surface area contributed by atoms with Gasteiger partial charge in [-0.1, -0.05) is 120 Å². The maximum absolute atomic E-state index is 14.7. The Morgan fingerprint density at radius 2 is 0.783 bits per heavy atom. The molecule has 0 saturated carbocycles. The molecule has 2 heterocycles. The van der Waals surface area contributed by atoms with Crippen molar-refractivity contribution in [3.8, 4) is 73.2 Å². The summed E-state index contributed by atoms with van der Waals surface area (Å²) >= 11 is 0. The third-order valence-corrected chi connectivity index (χ3v) is 12.8. The fourth-order valence-electron chi connectivity index (χ4n) is 10.0. The Balaban J connectivity index is 1.31. The maximum atomic E-state index is 14.7. The minimum absolute atomic E-state index is 0.0612. The summed E-state index contributed by atoms with van der Waals surface area (Å²) in [5.74, 6) is 0.623. The van der Waals surface area contributed by atoms with E-state index in [9.17, 15) is 26.3 Å². The Kier molecular flexibility index (Phi) is 11.1. The zero-order valence-corrected chi connectivity index (χ0v) is 38.6. The fourth-order valence-corrected chi connectivity index (χ4v) is 10.0. The molecule has 0 bridgehead atoms. The van der Waals surface area contributed by atoms with Crippen molar-refractivity contribution in [3.05, 3.63) is 202 Å². The second kappa shape index (κ2) is 17.0. The van der Waals surface area contributed by atoms with Gasteiger partial charge in [-0.15, -0.1) is 0 Å². The smallest absolute Gasteiger partial charge is 0.309 e. The molecule has 10 heteroatoms. The molecule has 342 valence electrons. The number of rotatable bonds is 7. The van der Waals surface area contributed by atoms with Crippen LogP contribution in [0.5, 0.6) is 0 Å². The number of fused-ring (bicyclic) bond motifs is 3. The summed E-state index contributed by atoms with van der Waals surface area (Å²) in [6, 6.07) is 46.3. The minimum atomic E-state index is -5.10. The fraction of sp³-hybridized carbons (Fsp3) is 0.136. The molecule has 10 aromatic rings. The quantitative estimate of drug-likeness (QED) is 0.150. The first-order chi connectivity index (χ1) is 32.9. The first kappa shape index (κ1) is 45.0. The number of hydrogen-bond acceptors (Lipinski definition) is 3. The van der Waals surface area contributed by atoms with Crippen molar-refractivity contribution >= 4 is 21.8 Å². The molecule has 0 aliphatic heterocycles. The van der Waals surface area contributed by atoms with Crippen LogP contribution in [-0.2, 0) is 12.4 Å². The van der Waals surface area contributed by atoms with Crippen LogP contribution in [0.3, 0.4) is 0 Å². The number of alkyl halides is 6. The van der Waals surface area contributed by atoms with Crippen molar-refractivity contribution in [1.82, 2.24) is 19.5 Å². The molecule has 0 amide bonds. The normalized spacial score (nSPS) is 12.1. The summed E-state index contributed by atoms with van der Waals surface area (Å²) in [5.41, 5.74) is 11.2. The van der Waals surface area contributed by atoms with E-state index in [0.717, 1.165) is 89.6 Å². The van der Waals surface area contributed by atoms with Gasteiger partial charge < -0.3 is 4.57 Å². The highest BCUT2D eigenvalue weighted by Crippen LogP contribution is 2.44. The van der Waals surface area contributed by atoms with Gasteiger partial charge in [0.25, 0.3) is 0 Å². The van der Waals surface area contributed by atoms with Crippen molar-refractivity contribution < 1.29 is 26.3 Å². The van der Waals surface area contributed by atoms with Gasteiger partial charge in [0.05, 0.1) is 22.2 Å². The number of nitrogens with zero attached hydrogens (tertiary/aromatic N) is 4. The molecule has 0 fully saturated rings. The summed E-state index contributed by atoms with van der Waals surface area (Å²) in [6.07, 6.45) is -10.2. The van der Waals surface area contributed by atoms with E-state index in [1.165, 1.54) is 0 Å². The lowest BCUT2D eigenvalue weighted by Crippen LogP contribution is -2.11. The summed E-state index contributed by atoms with van der Waals surface area (Å²) in [6.45, 7) is 12.4. The molecular weight excluding hydrogens is 879 g/mol. The summed E-state index contributed by atoms with van der Waals surface area (Å²) in [4.78, 5) is 14.6. The van der Waals surface area contributed by atoms with Crippen LogP contribution in [0.25, 0.3) is 95.0 Å². The number of halogens is 6. The molecule has 0 spiro atoms. The molecule has 0 aliphatic carbocycles. The largest absolute Gasteiger partial charge is 0.416 e. The highest BCUT2D eigenvalue weighted by molar-refractivity contribution is 6.11. The van der Waals surface area contributed by atoms with Crippen LogP contribution in [0.15, 0.2) is 158 Å². The van der Waals surface area contributed by atoms with E-state index >= 15 is 0 Å². The van der Waals surface area contributed by atoms with Crippen LogP contribution in [0, 0.1) is 41.5 Å². The molecule has 0 unspecified atom stereocenters. The molecule has 4 nitrogen and oxygen atoms in total. The average molecular weight is 923 g/mol. The van der Waals surface area contributed by atoms with Gasteiger partial charge in [-0.3, -0.25) is 0 Å². The van der Waals surface area contributed by atoms with E-state index in [2.05, 4.69) is 107 Å². The molecule has 0 radical (unpaired) electrons. The van der Waals surface area contributed by atoms with Crippen molar-refractivity contribution in [2.45, 2.75) is 53.9 Å². The summed E-state index contributed by atoms with van der Waals surface area (Å²) < 4.78 is 90.4. The zero-order valence-electron chi connectivity index (χ0n) is 38.6. The van der Waals surface area contributed by atoms with Crippen LogP contribution in [0.1, 0.15) is 44.5 Å². The van der Waals surface area contributed by atoms with Gasteiger partial charge in [-0.2, -0.15) is 26.3 Å².